The number of aryl methyl sites for hydroxylation is 2. The Morgan fingerprint density at radius 3 is 2.53 bits per heavy atom. The smallest absolute Gasteiger partial charge is 0.0712 e. The van der Waals surface area contributed by atoms with Gasteiger partial charge in [0.15, 0.2) is 0 Å². The normalized spacial score (nSPS) is 12.4. The molecule has 0 bridgehead atoms. The molecule has 0 heterocycles. The first-order valence-electron chi connectivity index (χ1n) is 6.78. The average Bonchev–Trinajstić information content (AvgIpc) is 2.44. The first kappa shape index (κ1) is 13.8. The highest BCUT2D eigenvalue weighted by Gasteiger charge is 2.15. The Labute approximate surface area is 115 Å². The average molecular weight is 254 g/mol. The summed E-state index contributed by atoms with van der Waals surface area (Å²) in [6, 6.07) is 15.0. The molecule has 0 saturated heterocycles. The van der Waals surface area contributed by atoms with Crippen LogP contribution in [0.2, 0.25) is 0 Å². The summed E-state index contributed by atoms with van der Waals surface area (Å²) in [7, 11) is 0. The number of hydrogen-bond donors (Lipinski definition) is 2. The topological polar surface area (TPSA) is 38.0 Å². The van der Waals surface area contributed by atoms with Gasteiger partial charge in [0.2, 0.25) is 0 Å². The lowest BCUT2D eigenvalue weighted by atomic mass is 9.92. The van der Waals surface area contributed by atoms with Crippen molar-refractivity contribution in [3.63, 3.8) is 0 Å². The van der Waals surface area contributed by atoms with Crippen molar-refractivity contribution in [1.82, 2.24) is 5.43 Å². The third-order valence-electron chi connectivity index (χ3n) is 3.82. The zero-order valence-corrected chi connectivity index (χ0v) is 11.9. The molecular weight excluding hydrogens is 232 g/mol. The number of nitrogens with one attached hydrogen (secondary N) is 1. The number of hydrogen-bond acceptors (Lipinski definition) is 2. The van der Waals surface area contributed by atoms with Crippen molar-refractivity contribution >= 4 is 0 Å². The predicted molar refractivity (Wildman–Crippen MR) is 80.9 cm³/mol. The minimum Gasteiger partial charge on any atom is -0.271 e. The summed E-state index contributed by atoms with van der Waals surface area (Å²) >= 11 is 0. The number of hydrazine groups is 1. The van der Waals surface area contributed by atoms with Crippen molar-refractivity contribution in [3.8, 4) is 0 Å². The van der Waals surface area contributed by atoms with Crippen LogP contribution in [-0.2, 0) is 6.42 Å². The van der Waals surface area contributed by atoms with Gasteiger partial charge in [-0.2, -0.15) is 0 Å². The molecule has 0 aromatic heterocycles. The van der Waals surface area contributed by atoms with Gasteiger partial charge in [0.25, 0.3) is 0 Å². The molecule has 0 amide bonds. The minimum atomic E-state index is 0.0476. The highest BCUT2D eigenvalue weighted by atomic mass is 15.2. The zero-order valence-electron chi connectivity index (χ0n) is 11.9. The fraction of sp³-hybridized carbons (Fsp3) is 0.294. The van der Waals surface area contributed by atoms with E-state index in [1.54, 1.807) is 0 Å². The van der Waals surface area contributed by atoms with Crippen molar-refractivity contribution in [2.24, 2.45) is 5.84 Å². The molecule has 0 aliphatic rings. The van der Waals surface area contributed by atoms with Crippen molar-refractivity contribution in [2.45, 2.75) is 33.2 Å². The molecule has 1 atom stereocenters. The second-order valence-electron chi connectivity index (χ2n) is 4.99. The fourth-order valence-corrected chi connectivity index (χ4v) is 2.44. The summed E-state index contributed by atoms with van der Waals surface area (Å²) in [5.41, 5.74) is 9.35. The van der Waals surface area contributed by atoms with Gasteiger partial charge in [-0.1, -0.05) is 49.4 Å². The second kappa shape index (κ2) is 6.00. The summed E-state index contributed by atoms with van der Waals surface area (Å²) in [6.07, 6.45) is 1.04. The Morgan fingerprint density at radius 1 is 1.11 bits per heavy atom. The third kappa shape index (κ3) is 2.86. The first-order chi connectivity index (χ1) is 9.17. The summed E-state index contributed by atoms with van der Waals surface area (Å²) in [4.78, 5) is 0. The molecule has 2 rings (SSSR count). The predicted octanol–water partition coefficient (Wildman–Crippen LogP) is 3.42. The lowest BCUT2D eigenvalue weighted by Crippen LogP contribution is -2.29. The Balaban J connectivity index is 2.46. The Bertz CT molecular complexity index is 561. The lowest BCUT2D eigenvalue weighted by molar-refractivity contribution is 0.632. The van der Waals surface area contributed by atoms with E-state index in [9.17, 15) is 0 Å². The van der Waals surface area contributed by atoms with E-state index in [4.69, 9.17) is 5.84 Å². The quantitative estimate of drug-likeness (QED) is 0.648. The molecule has 2 nitrogen and oxygen atoms in total. The molecule has 0 aliphatic heterocycles. The molecule has 0 saturated carbocycles. The SMILES string of the molecule is CCc1cccc(C(NN)c2cccc(C)c2C)c1. The van der Waals surface area contributed by atoms with E-state index in [-0.39, 0.29) is 6.04 Å². The maximum atomic E-state index is 5.80. The zero-order chi connectivity index (χ0) is 13.8. The maximum absolute atomic E-state index is 5.80. The van der Waals surface area contributed by atoms with Crippen LogP contribution >= 0.6 is 0 Å². The molecular formula is C17H22N2. The molecule has 19 heavy (non-hydrogen) atoms. The Kier molecular flexibility index (Phi) is 4.35. The van der Waals surface area contributed by atoms with Gasteiger partial charge in [0, 0.05) is 0 Å². The van der Waals surface area contributed by atoms with Crippen LogP contribution in [0.1, 0.15) is 40.8 Å². The summed E-state index contributed by atoms with van der Waals surface area (Å²) in [6.45, 7) is 6.45. The van der Waals surface area contributed by atoms with Gasteiger partial charge in [-0.15, -0.1) is 0 Å². The number of rotatable bonds is 4. The van der Waals surface area contributed by atoms with E-state index >= 15 is 0 Å². The molecule has 2 aromatic rings. The van der Waals surface area contributed by atoms with Crippen LogP contribution in [0.4, 0.5) is 0 Å². The number of nitrogens with two attached hydrogens (primary N) is 1. The maximum Gasteiger partial charge on any atom is 0.0712 e. The van der Waals surface area contributed by atoms with E-state index in [0.717, 1.165) is 6.42 Å². The molecule has 1 unspecified atom stereocenters. The molecule has 0 aliphatic carbocycles. The largest absolute Gasteiger partial charge is 0.271 e. The molecule has 2 heteroatoms. The third-order valence-corrected chi connectivity index (χ3v) is 3.82. The van der Waals surface area contributed by atoms with Crippen LogP contribution in [0.15, 0.2) is 42.5 Å². The van der Waals surface area contributed by atoms with Crippen LogP contribution in [0.25, 0.3) is 0 Å². The van der Waals surface area contributed by atoms with E-state index in [1.165, 1.54) is 27.8 Å². The van der Waals surface area contributed by atoms with E-state index in [2.05, 4.69) is 68.7 Å². The van der Waals surface area contributed by atoms with Crippen LogP contribution in [0.5, 0.6) is 0 Å². The van der Waals surface area contributed by atoms with Gasteiger partial charge in [-0.05, 0) is 48.1 Å². The van der Waals surface area contributed by atoms with E-state index in [0.29, 0.717) is 0 Å². The van der Waals surface area contributed by atoms with Gasteiger partial charge < -0.3 is 0 Å². The molecule has 100 valence electrons. The van der Waals surface area contributed by atoms with Gasteiger partial charge in [0.05, 0.1) is 6.04 Å². The van der Waals surface area contributed by atoms with Gasteiger partial charge in [-0.3, -0.25) is 5.84 Å². The summed E-state index contributed by atoms with van der Waals surface area (Å²) in [5.74, 6) is 5.80. The second-order valence-corrected chi connectivity index (χ2v) is 4.99. The highest BCUT2D eigenvalue weighted by molar-refractivity contribution is 5.41. The van der Waals surface area contributed by atoms with E-state index in [1.807, 2.05) is 0 Å². The lowest BCUT2D eigenvalue weighted by Gasteiger charge is -2.20. The summed E-state index contributed by atoms with van der Waals surface area (Å²) < 4.78 is 0. The van der Waals surface area contributed by atoms with Gasteiger partial charge >= 0.3 is 0 Å². The van der Waals surface area contributed by atoms with E-state index < -0.39 is 0 Å². The number of benzene rings is 2. The molecule has 0 fully saturated rings. The van der Waals surface area contributed by atoms with Crippen LogP contribution < -0.4 is 11.3 Å². The minimum absolute atomic E-state index is 0.0476. The molecule has 2 aromatic carbocycles. The molecule has 0 radical (unpaired) electrons. The standard InChI is InChI=1S/C17H22N2/c1-4-14-8-6-9-15(11-14)17(19-18)16-10-5-7-12(2)13(16)3/h5-11,17,19H,4,18H2,1-3H3. The first-order valence-corrected chi connectivity index (χ1v) is 6.78. The Morgan fingerprint density at radius 2 is 1.84 bits per heavy atom. The van der Waals surface area contributed by atoms with Gasteiger partial charge in [0.1, 0.15) is 0 Å². The van der Waals surface area contributed by atoms with Crippen molar-refractivity contribution in [1.29, 1.82) is 0 Å². The fourth-order valence-electron chi connectivity index (χ4n) is 2.44. The Hall–Kier alpha value is -1.64. The van der Waals surface area contributed by atoms with Crippen LogP contribution in [-0.4, -0.2) is 0 Å². The van der Waals surface area contributed by atoms with Crippen molar-refractivity contribution in [2.75, 3.05) is 0 Å². The highest BCUT2D eigenvalue weighted by Crippen LogP contribution is 2.26. The van der Waals surface area contributed by atoms with Crippen LogP contribution in [0.3, 0.4) is 0 Å². The van der Waals surface area contributed by atoms with Gasteiger partial charge in [-0.25, -0.2) is 5.43 Å². The summed E-state index contributed by atoms with van der Waals surface area (Å²) in [5, 5.41) is 0. The molecule has 0 spiro atoms. The monoisotopic (exact) mass is 254 g/mol. The van der Waals surface area contributed by atoms with Crippen LogP contribution in [0, 0.1) is 13.8 Å². The van der Waals surface area contributed by atoms with Crippen molar-refractivity contribution < 1.29 is 0 Å². The van der Waals surface area contributed by atoms with Crippen molar-refractivity contribution in [3.05, 3.63) is 70.3 Å². The molecule has 3 N–H and O–H groups in total.